The molecule has 98 valence electrons. The maximum Gasteiger partial charge on any atom is 0.401 e. The van der Waals surface area contributed by atoms with E-state index in [9.17, 15) is 13.2 Å². The molecule has 1 aromatic rings. The SMILES string of the molecule is CC(C)n1cc(C(CN)NCC(F)(F)F)cn1. The number of hydrogen-bond acceptors (Lipinski definition) is 3. The lowest BCUT2D eigenvalue weighted by atomic mass is 10.1. The first kappa shape index (κ1) is 14.0. The number of hydrogen-bond donors (Lipinski definition) is 2. The van der Waals surface area contributed by atoms with Gasteiger partial charge in [-0.25, -0.2) is 0 Å². The molecule has 0 amide bonds. The first-order valence-electron chi connectivity index (χ1n) is 5.37. The van der Waals surface area contributed by atoms with Gasteiger partial charge < -0.3 is 11.1 Å². The molecule has 17 heavy (non-hydrogen) atoms. The third kappa shape index (κ3) is 4.35. The fourth-order valence-corrected chi connectivity index (χ4v) is 1.39. The van der Waals surface area contributed by atoms with E-state index in [0.717, 1.165) is 0 Å². The van der Waals surface area contributed by atoms with Gasteiger partial charge in [-0.1, -0.05) is 0 Å². The van der Waals surface area contributed by atoms with Gasteiger partial charge in [0, 0.05) is 30.4 Å². The maximum atomic E-state index is 12.1. The minimum atomic E-state index is -4.23. The average molecular weight is 250 g/mol. The summed E-state index contributed by atoms with van der Waals surface area (Å²) in [6, 6.07) is -0.353. The molecule has 0 aliphatic carbocycles. The van der Waals surface area contributed by atoms with Gasteiger partial charge >= 0.3 is 6.18 Å². The van der Waals surface area contributed by atoms with Gasteiger partial charge in [0.15, 0.2) is 0 Å². The molecule has 1 heterocycles. The van der Waals surface area contributed by atoms with E-state index in [-0.39, 0.29) is 12.6 Å². The molecular weight excluding hydrogens is 233 g/mol. The molecule has 7 heteroatoms. The molecule has 3 N–H and O–H groups in total. The number of alkyl halides is 3. The van der Waals surface area contributed by atoms with Gasteiger partial charge in [-0.3, -0.25) is 4.68 Å². The molecule has 0 aromatic carbocycles. The Morgan fingerprint density at radius 1 is 1.47 bits per heavy atom. The van der Waals surface area contributed by atoms with Gasteiger partial charge in [-0.05, 0) is 13.8 Å². The lowest BCUT2D eigenvalue weighted by Gasteiger charge is -2.16. The summed E-state index contributed by atoms with van der Waals surface area (Å²) in [6.07, 6.45) is -0.978. The molecule has 0 fully saturated rings. The van der Waals surface area contributed by atoms with Crippen LogP contribution in [0.25, 0.3) is 0 Å². The van der Waals surface area contributed by atoms with E-state index in [0.29, 0.717) is 5.56 Å². The van der Waals surface area contributed by atoms with E-state index in [1.165, 1.54) is 0 Å². The molecular formula is C10H17F3N4. The zero-order valence-electron chi connectivity index (χ0n) is 9.83. The fourth-order valence-electron chi connectivity index (χ4n) is 1.39. The quantitative estimate of drug-likeness (QED) is 0.834. The van der Waals surface area contributed by atoms with Crippen molar-refractivity contribution >= 4 is 0 Å². The number of rotatable bonds is 5. The summed E-state index contributed by atoms with van der Waals surface area (Å²) in [6.45, 7) is 2.93. The Hall–Kier alpha value is -1.08. The highest BCUT2D eigenvalue weighted by molar-refractivity contribution is 5.11. The number of nitrogens with zero attached hydrogens (tertiary/aromatic N) is 2. The molecule has 0 saturated heterocycles. The highest BCUT2D eigenvalue weighted by atomic mass is 19.4. The fraction of sp³-hybridized carbons (Fsp3) is 0.700. The van der Waals surface area contributed by atoms with Gasteiger partial charge in [-0.15, -0.1) is 0 Å². The summed E-state index contributed by atoms with van der Waals surface area (Å²) >= 11 is 0. The highest BCUT2D eigenvalue weighted by Gasteiger charge is 2.28. The van der Waals surface area contributed by atoms with Gasteiger partial charge in [0.05, 0.1) is 12.7 Å². The Kier molecular flexibility index (Phi) is 4.53. The average Bonchev–Trinajstić information content (AvgIpc) is 2.66. The minimum Gasteiger partial charge on any atom is -0.329 e. The number of halogens is 3. The first-order chi connectivity index (χ1) is 7.83. The van der Waals surface area contributed by atoms with Crippen molar-refractivity contribution in [1.82, 2.24) is 15.1 Å². The van der Waals surface area contributed by atoms with E-state index >= 15 is 0 Å². The van der Waals surface area contributed by atoms with Crippen molar-refractivity contribution in [2.24, 2.45) is 5.73 Å². The van der Waals surface area contributed by atoms with Crippen molar-refractivity contribution in [3.8, 4) is 0 Å². The van der Waals surface area contributed by atoms with Crippen molar-refractivity contribution in [2.75, 3.05) is 13.1 Å². The van der Waals surface area contributed by atoms with Crippen molar-refractivity contribution < 1.29 is 13.2 Å². The van der Waals surface area contributed by atoms with Crippen LogP contribution < -0.4 is 11.1 Å². The van der Waals surface area contributed by atoms with Crippen LogP contribution in [0.4, 0.5) is 13.2 Å². The third-order valence-corrected chi connectivity index (χ3v) is 2.34. The Balaban J connectivity index is 2.66. The molecule has 0 spiro atoms. The molecule has 1 aromatic heterocycles. The highest BCUT2D eigenvalue weighted by Crippen LogP contribution is 2.17. The monoisotopic (exact) mass is 250 g/mol. The van der Waals surface area contributed by atoms with Crippen molar-refractivity contribution in [3.63, 3.8) is 0 Å². The lowest BCUT2D eigenvalue weighted by molar-refractivity contribution is -0.126. The molecule has 0 bridgehead atoms. The van der Waals surface area contributed by atoms with Crippen molar-refractivity contribution in [2.45, 2.75) is 32.1 Å². The minimum absolute atomic E-state index is 0.0971. The van der Waals surface area contributed by atoms with Crippen LogP contribution in [-0.2, 0) is 0 Å². The van der Waals surface area contributed by atoms with Crippen LogP contribution in [0, 0.1) is 0 Å². The second-order valence-electron chi connectivity index (χ2n) is 4.13. The number of aromatic nitrogens is 2. The zero-order valence-corrected chi connectivity index (χ0v) is 9.83. The smallest absolute Gasteiger partial charge is 0.329 e. The molecule has 0 radical (unpaired) electrons. The summed E-state index contributed by atoms with van der Waals surface area (Å²) in [5.74, 6) is 0. The van der Waals surface area contributed by atoms with Gasteiger partial charge in [0.25, 0.3) is 0 Å². The summed E-state index contributed by atoms with van der Waals surface area (Å²) in [5, 5.41) is 6.44. The predicted molar refractivity (Wildman–Crippen MR) is 58.5 cm³/mol. The van der Waals surface area contributed by atoms with Gasteiger partial charge in [0.2, 0.25) is 0 Å². The third-order valence-electron chi connectivity index (χ3n) is 2.34. The Labute approximate surface area is 98.0 Å². The van der Waals surface area contributed by atoms with Gasteiger partial charge in [-0.2, -0.15) is 18.3 Å². The van der Waals surface area contributed by atoms with Gasteiger partial charge in [0.1, 0.15) is 0 Å². The molecule has 1 atom stereocenters. The number of nitrogens with one attached hydrogen (secondary N) is 1. The first-order valence-corrected chi connectivity index (χ1v) is 5.37. The molecule has 0 aliphatic rings. The molecule has 4 nitrogen and oxygen atoms in total. The normalized spacial score (nSPS) is 14.3. The van der Waals surface area contributed by atoms with Crippen LogP contribution in [0.15, 0.2) is 12.4 Å². The molecule has 1 rings (SSSR count). The second-order valence-corrected chi connectivity index (χ2v) is 4.13. The Morgan fingerprint density at radius 3 is 2.53 bits per heavy atom. The summed E-state index contributed by atoms with van der Waals surface area (Å²) in [5.41, 5.74) is 6.12. The molecule has 1 unspecified atom stereocenters. The summed E-state index contributed by atoms with van der Waals surface area (Å²) < 4.78 is 37.9. The summed E-state index contributed by atoms with van der Waals surface area (Å²) in [4.78, 5) is 0. The maximum absolute atomic E-state index is 12.1. The van der Waals surface area contributed by atoms with Crippen molar-refractivity contribution in [1.29, 1.82) is 0 Å². The van der Waals surface area contributed by atoms with E-state index in [1.807, 2.05) is 13.8 Å². The van der Waals surface area contributed by atoms with E-state index in [4.69, 9.17) is 5.73 Å². The Bertz CT molecular complexity index is 346. The van der Waals surface area contributed by atoms with Crippen LogP contribution in [0.5, 0.6) is 0 Å². The lowest BCUT2D eigenvalue weighted by Crippen LogP contribution is -2.35. The van der Waals surface area contributed by atoms with E-state index < -0.39 is 18.8 Å². The number of nitrogens with two attached hydrogens (primary N) is 1. The van der Waals surface area contributed by atoms with E-state index in [2.05, 4.69) is 10.4 Å². The molecule has 0 saturated carbocycles. The predicted octanol–water partition coefficient (Wildman–Crippen LogP) is 1.62. The van der Waals surface area contributed by atoms with Crippen LogP contribution in [0.3, 0.4) is 0 Å². The van der Waals surface area contributed by atoms with E-state index in [1.54, 1.807) is 17.1 Å². The topological polar surface area (TPSA) is 55.9 Å². The second kappa shape index (κ2) is 5.50. The van der Waals surface area contributed by atoms with Crippen LogP contribution in [0.1, 0.15) is 31.5 Å². The van der Waals surface area contributed by atoms with Crippen molar-refractivity contribution in [3.05, 3.63) is 18.0 Å². The molecule has 0 aliphatic heterocycles. The summed E-state index contributed by atoms with van der Waals surface area (Å²) in [7, 11) is 0. The van der Waals surface area contributed by atoms with Crippen LogP contribution >= 0.6 is 0 Å². The zero-order chi connectivity index (χ0) is 13.1. The largest absolute Gasteiger partial charge is 0.401 e. The standard InChI is InChI=1S/C10H17F3N4/c1-7(2)17-5-8(4-16-17)9(3-14)15-6-10(11,12)13/h4-5,7,9,15H,3,6,14H2,1-2H3. The van der Waals surface area contributed by atoms with Crippen LogP contribution in [0.2, 0.25) is 0 Å². The van der Waals surface area contributed by atoms with Crippen LogP contribution in [-0.4, -0.2) is 29.0 Å². The Morgan fingerprint density at radius 2 is 2.12 bits per heavy atom.